The summed E-state index contributed by atoms with van der Waals surface area (Å²) in [7, 11) is 0. The van der Waals surface area contributed by atoms with Gasteiger partial charge in [0.2, 0.25) is 0 Å². The zero-order valence-corrected chi connectivity index (χ0v) is 14.3. The highest BCUT2D eigenvalue weighted by atomic mass is 35.5. The van der Waals surface area contributed by atoms with Crippen LogP contribution in [0.25, 0.3) is 22.4 Å². The number of carbonyl (C=O) groups excluding carboxylic acids is 1. The van der Waals surface area contributed by atoms with Gasteiger partial charge in [0.1, 0.15) is 11.1 Å². The van der Waals surface area contributed by atoms with E-state index in [9.17, 15) is 9.59 Å². The van der Waals surface area contributed by atoms with Gasteiger partial charge in [0, 0.05) is 18.6 Å². The molecule has 10 heteroatoms. The quantitative estimate of drug-likeness (QED) is 0.694. The maximum atomic E-state index is 12.5. The first kappa shape index (κ1) is 17.1. The highest BCUT2D eigenvalue weighted by Crippen LogP contribution is 2.35. The van der Waals surface area contributed by atoms with Gasteiger partial charge >= 0.3 is 6.16 Å². The molecular formula is C15H10Cl2N4O4. The molecule has 8 nitrogen and oxygen atoms in total. The summed E-state index contributed by atoms with van der Waals surface area (Å²) in [6.45, 7) is 1.72. The summed E-state index contributed by atoms with van der Waals surface area (Å²) in [4.78, 5) is 39.1. The summed E-state index contributed by atoms with van der Waals surface area (Å²) >= 11 is 12.0. The zero-order chi connectivity index (χ0) is 18.0. The van der Waals surface area contributed by atoms with E-state index in [0.29, 0.717) is 5.02 Å². The minimum atomic E-state index is -0.994. The van der Waals surface area contributed by atoms with E-state index in [4.69, 9.17) is 32.7 Å². The highest BCUT2D eigenvalue weighted by molar-refractivity contribution is 6.36. The Kier molecular flexibility index (Phi) is 4.82. The topological polar surface area (TPSA) is 107 Å². The van der Waals surface area contributed by atoms with Crippen molar-refractivity contribution in [2.75, 3.05) is 6.61 Å². The average Bonchev–Trinajstić information content (AvgIpc) is 2.56. The number of fused-ring (bicyclic) bond motifs is 1. The summed E-state index contributed by atoms with van der Waals surface area (Å²) in [6, 6.07) is 1.42. The number of halogens is 2. The van der Waals surface area contributed by atoms with Gasteiger partial charge in [-0.2, -0.15) is 0 Å². The molecule has 0 spiro atoms. The monoisotopic (exact) mass is 380 g/mol. The molecule has 0 radical (unpaired) electrons. The predicted molar refractivity (Wildman–Crippen MR) is 91.1 cm³/mol. The van der Waals surface area contributed by atoms with Gasteiger partial charge in [0.25, 0.3) is 5.56 Å². The van der Waals surface area contributed by atoms with Gasteiger partial charge in [-0.05, 0) is 13.0 Å². The van der Waals surface area contributed by atoms with Crippen LogP contribution in [0, 0.1) is 0 Å². The number of H-pyrrole nitrogens is 1. The summed E-state index contributed by atoms with van der Waals surface area (Å²) in [5.74, 6) is -0.151. The lowest BCUT2D eigenvalue weighted by atomic mass is 10.1. The molecule has 0 aliphatic rings. The number of nitrogens with zero attached hydrogens (tertiary/aromatic N) is 3. The molecule has 0 aromatic carbocycles. The van der Waals surface area contributed by atoms with Crippen molar-refractivity contribution in [2.45, 2.75) is 6.92 Å². The third-order valence-corrected chi connectivity index (χ3v) is 3.59. The number of nitrogens with one attached hydrogen (secondary N) is 1. The molecule has 0 unspecified atom stereocenters. The van der Waals surface area contributed by atoms with Gasteiger partial charge in [-0.15, -0.1) is 0 Å². The third-order valence-electron chi connectivity index (χ3n) is 3.09. The van der Waals surface area contributed by atoms with Crippen LogP contribution in [0.2, 0.25) is 10.0 Å². The molecule has 0 fully saturated rings. The Morgan fingerprint density at radius 1 is 1.24 bits per heavy atom. The Labute approximate surface area is 150 Å². The van der Waals surface area contributed by atoms with Crippen LogP contribution in [0.15, 0.2) is 29.5 Å². The molecule has 0 bridgehead atoms. The number of aromatic amines is 1. The second kappa shape index (κ2) is 7.04. The van der Waals surface area contributed by atoms with Gasteiger partial charge in [0.05, 0.1) is 22.3 Å². The van der Waals surface area contributed by atoms with E-state index in [0.717, 1.165) is 0 Å². The first-order valence-corrected chi connectivity index (χ1v) is 7.80. The van der Waals surface area contributed by atoms with Crippen LogP contribution in [0.5, 0.6) is 5.75 Å². The fourth-order valence-electron chi connectivity index (χ4n) is 2.13. The average molecular weight is 381 g/mol. The zero-order valence-electron chi connectivity index (χ0n) is 12.7. The molecular weight excluding hydrogens is 371 g/mol. The normalized spacial score (nSPS) is 10.7. The van der Waals surface area contributed by atoms with Crippen molar-refractivity contribution in [2.24, 2.45) is 0 Å². The number of hydrogen-bond donors (Lipinski definition) is 1. The fourth-order valence-corrected chi connectivity index (χ4v) is 2.61. The second-order valence-electron chi connectivity index (χ2n) is 4.68. The van der Waals surface area contributed by atoms with E-state index >= 15 is 0 Å². The lowest BCUT2D eigenvalue weighted by Gasteiger charge is -2.11. The molecule has 3 rings (SSSR count). The van der Waals surface area contributed by atoms with Crippen molar-refractivity contribution in [3.63, 3.8) is 0 Å². The Bertz CT molecular complexity index is 1020. The molecule has 0 aliphatic carbocycles. The van der Waals surface area contributed by atoms with Gasteiger partial charge in [-0.3, -0.25) is 9.78 Å². The van der Waals surface area contributed by atoms with Crippen molar-refractivity contribution >= 4 is 40.5 Å². The lowest BCUT2D eigenvalue weighted by molar-refractivity contribution is 0.105. The lowest BCUT2D eigenvalue weighted by Crippen LogP contribution is -2.18. The van der Waals surface area contributed by atoms with Crippen molar-refractivity contribution in [3.8, 4) is 17.0 Å². The minimum absolute atomic E-state index is 0.0808. The number of aromatic nitrogens is 4. The minimum Gasteiger partial charge on any atom is -0.434 e. The largest absolute Gasteiger partial charge is 0.513 e. The molecule has 0 atom stereocenters. The fraction of sp³-hybridized carbons (Fsp3) is 0.133. The van der Waals surface area contributed by atoms with Crippen LogP contribution in [0.3, 0.4) is 0 Å². The molecule has 3 aromatic rings. The second-order valence-corrected chi connectivity index (χ2v) is 5.52. The number of hydrogen-bond acceptors (Lipinski definition) is 7. The molecule has 0 saturated heterocycles. The van der Waals surface area contributed by atoms with Gasteiger partial charge in [0.15, 0.2) is 11.4 Å². The van der Waals surface area contributed by atoms with Gasteiger partial charge in [-0.1, -0.05) is 23.2 Å². The molecule has 128 valence electrons. The summed E-state index contributed by atoms with van der Waals surface area (Å²) < 4.78 is 9.98. The molecule has 0 saturated carbocycles. The van der Waals surface area contributed by atoms with Crippen molar-refractivity contribution in [1.82, 2.24) is 19.9 Å². The predicted octanol–water partition coefficient (Wildman–Crippen LogP) is 3.22. The number of rotatable bonds is 3. The van der Waals surface area contributed by atoms with E-state index < -0.39 is 11.7 Å². The Hall–Kier alpha value is -2.71. The van der Waals surface area contributed by atoms with Gasteiger partial charge < -0.3 is 14.5 Å². The molecule has 3 aromatic heterocycles. The van der Waals surface area contributed by atoms with Gasteiger partial charge in [-0.25, -0.2) is 14.8 Å². The van der Waals surface area contributed by atoms with Crippen molar-refractivity contribution in [3.05, 3.63) is 45.1 Å². The van der Waals surface area contributed by atoms with Crippen LogP contribution in [0.4, 0.5) is 4.79 Å². The smallest absolute Gasteiger partial charge is 0.434 e. The van der Waals surface area contributed by atoms with Crippen molar-refractivity contribution < 1.29 is 14.3 Å². The van der Waals surface area contributed by atoms with Crippen LogP contribution in [0.1, 0.15) is 6.92 Å². The summed E-state index contributed by atoms with van der Waals surface area (Å²) in [5, 5.41) is 0.397. The maximum absolute atomic E-state index is 12.5. The van der Waals surface area contributed by atoms with E-state index in [2.05, 4.69) is 19.9 Å². The van der Waals surface area contributed by atoms with Crippen LogP contribution in [-0.4, -0.2) is 32.7 Å². The number of carbonyl (C=O) groups is 1. The molecule has 0 amide bonds. The summed E-state index contributed by atoms with van der Waals surface area (Å²) in [6.07, 6.45) is 3.10. The van der Waals surface area contributed by atoms with Crippen molar-refractivity contribution in [1.29, 1.82) is 0 Å². The van der Waals surface area contributed by atoms with E-state index in [1.165, 1.54) is 24.7 Å². The van der Waals surface area contributed by atoms with Crippen LogP contribution >= 0.6 is 23.2 Å². The van der Waals surface area contributed by atoms with Crippen LogP contribution < -0.4 is 10.3 Å². The Balaban J connectivity index is 2.31. The first-order valence-electron chi connectivity index (χ1n) is 7.04. The standard InChI is InChI=1S/C15H10Cl2N4O4/c1-2-24-15(23)25-12-9(10-8(17)5-7(16)6-20-10)14(22)21-13-11(12)18-3-4-19-13/h3-6H,2H2,1H3,(H,19,21,22). The van der Waals surface area contributed by atoms with Crippen LogP contribution in [-0.2, 0) is 4.74 Å². The SMILES string of the molecule is CCOC(=O)Oc1c(-c2ncc(Cl)cc2Cl)c(=O)[nH]c2nccnc12. The Morgan fingerprint density at radius 3 is 2.72 bits per heavy atom. The molecule has 1 N–H and O–H groups in total. The third kappa shape index (κ3) is 3.40. The molecule has 3 heterocycles. The molecule has 0 aliphatic heterocycles. The number of ether oxygens (including phenoxy) is 2. The number of pyridine rings is 2. The van der Waals surface area contributed by atoms with E-state index in [-0.39, 0.29) is 39.8 Å². The summed E-state index contributed by atoms with van der Waals surface area (Å²) in [5.41, 5.74) is -0.315. The Morgan fingerprint density at radius 2 is 2.00 bits per heavy atom. The maximum Gasteiger partial charge on any atom is 0.513 e. The highest BCUT2D eigenvalue weighted by Gasteiger charge is 2.23. The van der Waals surface area contributed by atoms with E-state index in [1.807, 2.05) is 0 Å². The molecule has 25 heavy (non-hydrogen) atoms. The van der Waals surface area contributed by atoms with E-state index in [1.54, 1.807) is 6.92 Å². The first-order chi connectivity index (χ1) is 12.0.